The first kappa shape index (κ1) is 14.2. The van der Waals surface area contributed by atoms with Gasteiger partial charge in [0.15, 0.2) is 0 Å². The van der Waals surface area contributed by atoms with Gasteiger partial charge in [-0.05, 0) is 70.0 Å². The summed E-state index contributed by atoms with van der Waals surface area (Å²) in [6.07, 6.45) is 4.67. The second kappa shape index (κ2) is 5.67. The predicted molar refractivity (Wildman–Crippen MR) is 93.5 cm³/mol. The van der Waals surface area contributed by atoms with Gasteiger partial charge < -0.3 is 5.32 Å². The molecule has 0 radical (unpaired) electrons. The Morgan fingerprint density at radius 3 is 2.59 bits per heavy atom. The predicted octanol–water partition coefficient (Wildman–Crippen LogP) is 4.01. The van der Waals surface area contributed by atoms with Gasteiger partial charge in [-0.2, -0.15) is 0 Å². The summed E-state index contributed by atoms with van der Waals surface area (Å²) in [6.45, 7) is 7.05. The van der Waals surface area contributed by atoms with Crippen LogP contribution in [0.4, 0.5) is 5.69 Å². The molecule has 3 aliphatic rings. The number of thiophene rings is 1. The highest BCUT2D eigenvalue weighted by atomic mass is 32.1. The van der Waals surface area contributed by atoms with Crippen LogP contribution in [0.5, 0.6) is 0 Å². The van der Waals surface area contributed by atoms with Crippen LogP contribution in [0.2, 0.25) is 0 Å². The molecular formula is C18H23N3S. The van der Waals surface area contributed by atoms with Gasteiger partial charge in [-0.1, -0.05) is 0 Å². The highest BCUT2D eigenvalue weighted by Gasteiger charge is 2.39. The number of aromatic nitrogens is 1. The Morgan fingerprint density at radius 2 is 2.00 bits per heavy atom. The van der Waals surface area contributed by atoms with Crippen LogP contribution >= 0.6 is 11.3 Å². The van der Waals surface area contributed by atoms with Crippen LogP contribution < -0.4 is 5.32 Å². The van der Waals surface area contributed by atoms with Gasteiger partial charge in [-0.3, -0.25) is 9.88 Å². The van der Waals surface area contributed by atoms with Crippen LogP contribution in [0.15, 0.2) is 30.5 Å². The molecule has 22 heavy (non-hydrogen) atoms. The topological polar surface area (TPSA) is 28.2 Å². The summed E-state index contributed by atoms with van der Waals surface area (Å²) in [7, 11) is 0. The van der Waals surface area contributed by atoms with Crippen molar-refractivity contribution < 1.29 is 0 Å². The molecule has 0 unspecified atom stereocenters. The van der Waals surface area contributed by atoms with Crippen LogP contribution in [0.1, 0.15) is 24.6 Å². The van der Waals surface area contributed by atoms with Gasteiger partial charge in [0.1, 0.15) is 0 Å². The van der Waals surface area contributed by atoms with Crippen molar-refractivity contribution >= 4 is 17.0 Å². The van der Waals surface area contributed by atoms with Gasteiger partial charge in [0.05, 0.1) is 22.5 Å². The van der Waals surface area contributed by atoms with Gasteiger partial charge in [0.25, 0.3) is 0 Å². The molecule has 0 aliphatic carbocycles. The highest BCUT2D eigenvalue weighted by Crippen LogP contribution is 2.34. The zero-order chi connectivity index (χ0) is 15.1. The maximum Gasteiger partial charge on any atom is 0.0803 e. The number of anilines is 1. The molecular weight excluding hydrogens is 290 g/mol. The average Bonchev–Trinajstić information content (AvgIpc) is 2.98. The van der Waals surface area contributed by atoms with E-state index in [1.54, 1.807) is 11.3 Å². The Balaban J connectivity index is 1.49. The number of hydrogen-bond acceptors (Lipinski definition) is 4. The summed E-state index contributed by atoms with van der Waals surface area (Å²) in [4.78, 5) is 9.85. The van der Waals surface area contributed by atoms with Crippen molar-refractivity contribution in [2.24, 2.45) is 5.92 Å². The molecule has 2 aromatic heterocycles. The summed E-state index contributed by atoms with van der Waals surface area (Å²) in [5, 5.41) is 3.75. The molecule has 2 bridgehead atoms. The molecule has 0 spiro atoms. The van der Waals surface area contributed by atoms with Crippen molar-refractivity contribution in [2.45, 2.75) is 38.8 Å². The Bertz CT molecular complexity index is 639. The van der Waals surface area contributed by atoms with Crippen LogP contribution in [0.3, 0.4) is 0 Å². The third-order valence-electron chi connectivity index (χ3n) is 5.27. The van der Waals surface area contributed by atoms with E-state index in [1.165, 1.54) is 35.7 Å². The molecule has 3 saturated heterocycles. The van der Waals surface area contributed by atoms with Gasteiger partial charge >= 0.3 is 0 Å². The summed E-state index contributed by atoms with van der Waals surface area (Å²) in [5.74, 6) is 0.819. The minimum atomic E-state index is 0.569. The van der Waals surface area contributed by atoms with Crippen molar-refractivity contribution in [3.8, 4) is 10.6 Å². The molecule has 2 aromatic rings. The molecule has 3 nitrogen and oxygen atoms in total. The molecule has 2 atom stereocenters. The molecule has 116 valence electrons. The fourth-order valence-corrected chi connectivity index (χ4v) is 4.78. The van der Waals surface area contributed by atoms with Crippen molar-refractivity contribution in [1.82, 2.24) is 9.88 Å². The van der Waals surface area contributed by atoms with Gasteiger partial charge in [0.2, 0.25) is 0 Å². The Hall–Kier alpha value is -1.39. The normalized spacial score (nSPS) is 30.5. The first-order valence-electron chi connectivity index (χ1n) is 8.24. The molecule has 3 fully saturated rings. The highest BCUT2D eigenvalue weighted by molar-refractivity contribution is 7.15. The second-order valence-corrected chi connectivity index (χ2v) is 7.91. The van der Waals surface area contributed by atoms with E-state index in [2.05, 4.69) is 53.3 Å². The van der Waals surface area contributed by atoms with E-state index >= 15 is 0 Å². The lowest BCUT2D eigenvalue weighted by Crippen LogP contribution is -2.59. The van der Waals surface area contributed by atoms with E-state index < -0.39 is 0 Å². The molecule has 5 heterocycles. The van der Waals surface area contributed by atoms with E-state index in [4.69, 9.17) is 0 Å². The molecule has 0 amide bonds. The zero-order valence-corrected chi connectivity index (χ0v) is 14.1. The molecule has 3 aliphatic heterocycles. The number of aryl methyl sites for hydroxylation is 1. The number of fused-ring (bicyclic) bond motifs is 3. The zero-order valence-electron chi connectivity index (χ0n) is 13.2. The number of pyridine rings is 1. The van der Waals surface area contributed by atoms with Crippen LogP contribution in [-0.4, -0.2) is 35.1 Å². The third kappa shape index (κ3) is 2.55. The molecule has 4 heteroatoms. The smallest absolute Gasteiger partial charge is 0.0803 e. The first-order chi connectivity index (χ1) is 10.7. The lowest BCUT2D eigenvalue weighted by molar-refractivity contribution is 0.0458. The molecule has 0 aromatic carbocycles. The van der Waals surface area contributed by atoms with E-state index in [9.17, 15) is 0 Å². The fraction of sp³-hybridized carbons (Fsp3) is 0.500. The molecule has 5 rings (SSSR count). The monoisotopic (exact) mass is 313 g/mol. The quantitative estimate of drug-likeness (QED) is 0.928. The number of nitrogens with zero attached hydrogens (tertiary/aromatic N) is 2. The van der Waals surface area contributed by atoms with Gasteiger partial charge in [-0.15, -0.1) is 11.3 Å². The molecule has 0 saturated carbocycles. The van der Waals surface area contributed by atoms with E-state index in [1.807, 2.05) is 6.20 Å². The maximum absolute atomic E-state index is 4.65. The number of piperidine rings is 3. The van der Waals surface area contributed by atoms with Crippen LogP contribution in [0, 0.1) is 12.8 Å². The summed E-state index contributed by atoms with van der Waals surface area (Å²) in [5.41, 5.74) is 2.23. The standard InChI is InChI=1S/C18H23N3S/c1-12-3-6-17(22-12)16-5-4-15(11-19-16)20-18-13(2)21-9-7-14(18)8-10-21/h3-6,11,13-14,18,20H,7-10H2,1-2H3/t13-,18-/m1/s1. The fourth-order valence-electron chi connectivity index (χ4n) is 3.93. The Labute approximate surface area is 136 Å². The number of rotatable bonds is 3. The van der Waals surface area contributed by atoms with Crippen molar-refractivity contribution in [3.05, 3.63) is 35.3 Å². The van der Waals surface area contributed by atoms with E-state index in [0.29, 0.717) is 12.1 Å². The lowest BCUT2D eigenvalue weighted by Gasteiger charge is -2.50. The van der Waals surface area contributed by atoms with Crippen molar-refractivity contribution in [3.63, 3.8) is 0 Å². The SMILES string of the molecule is Cc1ccc(-c2ccc(N[C@H]3C4CCN(CC4)[C@@H]3C)cn2)s1. The minimum absolute atomic E-state index is 0.569. The number of nitrogens with one attached hydrogen (secondary N) is 1. The summed E-state index contributed by atoms with van der Waals surface area (Å²) >= 11 is 1.80. The third-order valence-corrected chi connectivity index (χ3v) is 6.29. The maximum atomic E-state index is 4.65. The van der Waals surface area contributed by atoms with Gasteiger partial charge in [-0.25, -0.2) is 0 Å². The Kier molecular flexibility index (Phi) is 3.66. The van der Waals surface area contributed by atoms with Crippen LogP contribution in [0.25, 0.3) is 10.6 Å². The first-order valence-corrected chi connectivity index (χ1v) is 9.06. The summed E-state index contributed by atoms with van der Waals surface area (Å²) < 4.78 is 0. The average molecular weight is 313 g/mol. The van der Waals surface area contributed by atoms with Crippen LogP contribution in [-0.2, 0) is 0 Å². The number of hydrogen-bond donors (Lipinski definition) is 1. The minimum Gasteiger partial charge on any atom is -0.379 e. The summed E-state index contributed by atoms with van der Waals surface area (Å²) in [6, 6.07) is 9.83. The van der Waals surface area contributed by atoms with E-state index in [0.717, 1.165) is 17.3 Å². The molecule has 1 N–H and O–H groups in total. The second-order valence-electron chi connectivity index (χ2n) is 6.63. The largest absolute Gasteiger partial charge is 0.379 e. The Morgan fingerprint density at radius 1 is 1.18 bits per heavy atom. The van der Waals surface area contributed by atoms with E-state index in [-0.39, 0.29) is 0 Å². The lowest BCUT2D eigenvalue weighted by atomic mass is 9.79. The van der Waals surface area contributed by atoms with Crippen molar-refractivity contribution in [2.75, 3.05) is 18.4 Å². The van der Waals surface area contributed by atoms with Gasteiger partial charge in [0, 0.05) is 17.0 Å². The van der Waals surface area contributed by atoms with Crippen molar-refractivity contribution in [1.29, 1.82) is 0 Å².